The summed E-state index contributed by atoms with van der Waals surface area (Å²) >= 11 is 4.26. The van der Waals surface area contributed by atoms with E-state index in [1.807, 2.05) is 6.07 Å². The SMILES string of the molecule is O=C(NCCNS(=O)(=O)c1cccc2nsnc12)c1ccccc1Br. The first-order valence-electron chi connectivity index (χ1n) is 7.23. The summed E-state index contributed by atoms with van der Waals surface area (Å²) in [5.74, 6) is -0.280. The molecule has 25 heavy (non-hydrogen) atoms. The molecule has 7 nitrogen and oxygen atoms in total. The zero-order valence-corrected chi connectivity index (χ0v) is 16.0. The van der Waals surface area contributed by atoms with Crippen LogP contribution in [0.5, 0.6) is 0 Å². The van der Waals surface area contributed by atoms with Crippen molar-refractivity contribution in [2.75, 3.05) is 13.1 Å². The number of carbonyl (C=O) groups excluding carboxylic acids is 1. The van der Waals surface area contributed by atoms with Crippen molar-refractivity contribution in [3.8, 4) is 0 Å². The number of carbonyl (C=O) groups is 1. The third-order valence-electron chi connectivity index (χ3n) is 3.36. The number of halogens is 1. The van der Waals surface area contributed by atoms with Crippen molar-refractivity contribution in [2.24, 2.45) is 0 Å². The predicted octanol–water partition coefficient (Wildman–Crippen LogP) is 2.16. The lowest BCUT2D eigenvalue weighted by Crippen LogP contribution is -2.34. The number of benzene rings is 2. The van der Waals surface area contributed by atoms with Crippen LogP contribution in [0, 0.1) is 0 Å². The number of sulfonamides is 1. The Morgan fingerprint density at radius 3 is 2.68 bits per heavy atom. The smallest absolute Gasteiger partial charge is 0.252 e. The van der Waals surface area contributed by atoms with Crippen molar-refractivity contribution in [3.63, 3.8) is 0 Å². The van der Waals surface area contributed by atoms with E-state index >= 15 is 0 Å². The van der Waals surface area contributed by atoms with Crippen LogP contribution in [-0.4, -0.2) is 36.2 Å². The van der Waals surface area contributed by atoms with E-state index in [9.17, 15) is 13.2 Å². The molecule has 1 heterocycles. The van der Waals surface area contributed by atoms with Crippen LogP contribution in [0.4, 0.5) is 0 Å². The van der Waals surface area contributed by atoms with Crippen molar-refractivity contribution < 1.29 is 13.2 Å². The van der Waals surface area contributed by atoms with Crippen molar-refractivity contribution in [2.45, 2.75) is 4.90 Å². The summed E-state index contributed by atoms with van der Waals surface area (Å²) in [7, 11) is -3.73. The standard InChI is InChI=1S/C15H13BrN4O3S2/c16-11-5-2-1-4-10(11)15(21)17-8-9-18-25(22,23)13-7-3-6-12-14(13)20-24-19-12/h1-7,18H,8-9H2,(H,17,21). The van der Waals surface area contributed by atoms with E-state index in [4.69, 9.17) is 0 Å². The van der Waals surface area contributed by atoms with Gasteiger partial charge in [-0.15, -0.1) is 0 Å². The molecule has 0 atom stereocenters. The Kier molecular flexibility index (Phi) is 5.42. The van der Waals surface area contributed by atoms with Crippen LogP contribution in [0.2, 0.25) is 0 Å². The van der Waals surface area contributed by atoms with Gasteiger partial charge in [0.2, 0.25) is 10.0 Å². The molecule has 0 aliphatic heterocycles. The van der Waals surface area contributed by atoms with E-state index in [1.54, 1.807) is 30.3 Å². The molecular weight excluding hydrogens is 428 g/mol. The summed E-state index contributed by atoms with van der Waals surface area (Å²) in [5.41, 5.74) is 1.37. The van der Waals surface area contributed by atoms with Crippen LogP contribution in [0.15, 0.2) is 51.8 Å². The van der Waals surface area contributed by atoms with Gasteiger partial charge in [0, 0.05) is 17.6 Å². The minimum absolute atomic E-state index is 0.0620. The first-order chi connectivity index (χ1) is 12.0. The first-order valence-corrected chi connectivity index (χ1v) is 10.2. The Bertz CT molecular complexity index is 1020. The Balaban J connectivity index is 1.61. The molecule has 0 bridgehead atoms. The molecule has 2 aromatic carbocycles. The molecule has 10 heteroatoms. The molecule has 0 saturated carbocycles. The number of fused-ring (bicyclic) bond motifs is 1. The molecule has 1 aromatic heterocycles. The fourth-order valence-electron chi connectivity index (χ4n) is 2.18. The normalized spacial score (nSPS) is 11.6. The Labute approximate surface area is 157 Å². The summed E-state index contributed by atoms with van der Waals surface area (Å²) in [5, 5.41) is 2.67. The van der Waals surface area contributed by atoms with Gasteiger partial charge in [-0.1, -0.05) is 18.2 Å². The quantitative estimate of drug-likeness (QED) is 0.571. The van der Waals surface area contributed by atoms with Crippen molar-refractivity contribution in [1.29, 1.82) is 0 Å². The molecule has 0 radical (unpaired) electrons. The summed E-state index contributed by atoms with van der Waals surface area (Å²) in [4.78, 5) is 12.1. The highest BCUT2D eigenvalue weighted by molar-refractivity contribution is 9.10. The van der Waals surface area contributed by atoms with E-state index in [0.29, 0.717) is 21.1 Å². The predicted molar refractivity (Wildman–Crippen MR) is 99.1 cm³/mol. The molecule has 0 spiro atoms. The zero-order chi connectivity index (χ0) is 17.9. The van der Waals surface area contributed by atoms with Gasteiger partial charge in [0.05, 0.1) is 17.3 Å². The maximum atomic E-state index is 12.4. The number of nitrogens with zero attached hydrogens (tertiary/aromatic N) is 2. The molecule has 0 saturated heterocycles. The van der Waals surface area contributed by atoms with E-state index in [1.165, 1.54) is 6.07 Å². The van der Waals surface area contributed by atoms with Crippen LogP contribution in [0.25, 0.3) is 11.0 Å². The molecule has 0 unspecified atom stereocenters. The topological polar surface area (TPSA) is 101 Å². The second kappa shape index (κ2) is 7.56. The molecule has 0 fully saturated rings. The zero-order valence-electron chi connectivity index (χ0n) is 12.8. The van der Waals surface area contributed by atoms with Gasteiger partial charge in [0.25, 0.3) is 5.91 Å². The average Bonchev–Trinajstić information content (AvgIpc) is 3.07. The minimum Gasteiger partial charge on any atom is -0.351 e. The fourth-order valence-corrected chi connectivity index (χ4v) is 4.44. The summed E-state index contributed by atoms with van der Waals surface area (Å²) in [6, 6.07) is 11.8. The molecule has 2 N–H and O–H groups in total. The third-order valence-corrected chi connectivity index (χ3v) is 6.09. The fraction of sp³-hybridized carbons (Fsp3) is 0.133. The Morgan fingerprint density at radius 2 is 1.88 bits per heavy atom. The van der Waals surface area contributed by atoms with Gasteiger partial charge in [-0.25, -0.2) is 13.1 Å². The van der Waals surface area contributed by atoms with Gasteiger partial charge >= 0.3 is 0 Å². The van der Waals surface area contributed by atoms with Gasteiger partial charge in [-0.3, -0.25) is 4.79 Å². The third kappa shape index (κ3) is 4.03. The van der Waals surface area contributed by atoms with Gasteiger partial charge in [-0.05, 0) is 40.2 Å². The lowest BCUT2D eigenvalue weighted by Gasteiger charge is -2.09. The van der Waals surface area contributed by atoms with Crippen LogP contribution in [0.3, 0.4) is 0 Å². The average molecular weight is 441 g/mol. The van der Waals surface area contributed by atoms with Crippen molar-refractivity contribution in [1.82, 2.24) is 18.8 Å². The van der Waals surface area contributed by atoms with Gasteiger partial charge in [0.1, 0.15) is 15.9 Å². The molecule has 130 valence electrons. The van der Waals surface area contributed by atoms with Gasteiger partial charge < -0.3 is 5.32 Å². The Hall–Kier alpha value is -1.88. The first kappa shape index (κ1) is 17.9. The largest absolute Gasteiger partial charge is 0.351 e. The van der Waals surface area contributed by atoms with Crippen LogP contribution >= 0.6 is 27.7 Å². The number of aromatic nitrogens is 2. The van der Waals surface area contributed by atoms with E-state index in [2.05, 4.69) is 34.7 Å². The molecule has 3 rings (SSSR count). The number of hydrogen-bond acceptors (Lipinski definition) is 6. The highest BCUT2D eigenvalue weighted by atomic mass is 79.9. The summed E-state index contributed by atoms with van der Waals surface area (Å²) < 4.78 is 36.0. The van der Waals surface area contributed by atoms with E-state index < -0.39 is 10.0 Å². The maximum absolute atomic E-state index is 12.4. The van der Waals surface area contributed by atoms with Gasteiger partial charge in [-0.2, -0.15) is 8.75 Å². The van der Waals surface area contributed by atoms with Crippen LogP contribution in [-0.2, 0) is 10.0 Å². The number of hydrogen-bond donors (Lipinski definition) is 2. The summed E-state index contributed by atoms with van der Waals surface area (Å²) in [6.45, 7) is 0.219. The maximum Gasteiger partial charge on any atom is 0.252 e. The van der Waals surface area contributed by atoms with Crippen LogP contribution in [0.1, 0.15) is 10.4 Å². The Morgan fingerprint density at radius 1 is 1.08 bits per heavy atom. The van der Waals surface area contributed by atoms with E-state index in [0.717, 1.165) is 11.7 Å². The molecule has 1 amide bonds. The molecular formula is C15H13BrN4O3S2. The lowest BCUT2D eigenvalue weighted by atomic mass is 10.2. The minimum atomic E-state index is -3.73. The van der Waals surface area contributed by atoms with Crippen molar-refractivity contribution in [3.05, 3.63) is 52.5 Å². The second-order valence-corrected chi connectivity index (χ2v) is 8.14. The monoisotopic (exact) mass is 440 g/mol. The number of rotatable bonds is 6. The second-order valence-electron chi connectivity index (χ2n) is 5.02. The van der Waals surface area contributed by atoms with Crippen molar-refractivity contribution >= 4 is 54.6 Å². The molecule has 3 aromatic rings. The summed E-state index contributed by atoms with van der Waals surface area (Å²) in [6.07, 6.45) is 0. The van der Waals surface area contributed by atoms with Crippen LogP contribution < -0.4 is 10.0 Å². The number of nitrogens with one attached hydrogen (secondary N) is 2. The number of amides is 1. The molecule has 0 aliphatic rings. The highest BCUT2D eigenvalue weighted by Crippen LogP contribution is 2.20. The molecule has 0 aliphatic carbocycles. The van der Waals surface area contributed by atoms with Gasteiger partial charge in [0.15, 0.2) is 0 Å². The highest BCUT2D eigenvalue weighted by Gasteiger charge is 2.19. The lowest BCUT2D eigenvalue weighted by molar-refractivity contribution is 0.0953. The van der Waals surface area contributed by atoms with E-state index in [-0.39, 0.29) is 23.9 Å².